The van der Waals surface area contributed by atoms with Gasteiger partial charge in [-0.1, -0.05) is 11.6 Å². The van der Waals surface area contributed by atoms with E-state index in [1.807, 2.05) is 24.3 Å². The van der Waals surface area contributed by atoms with Crippen LogP contribution in [0.5, 0.6) is 0 Å². The average molecular weight is 422 g/mol. The Hall–Kier alpha value is -2.51. The number of piperidine rings is 2. The van der Waals surface area contributed by atoms with Crippen LogP contribution in [0.4, 0.5) is 5.82 Å². The molecule has 154 valence electrons. The molecule has 3 aliphatic rings. The number of fused-ring (bicyclic) bond motifs is 1. The monoisotopic (exact) mass is 421 g/mol. The maximum atomic E-state index is 6.41. The van der Waals surface area contributed by atoms with Crippen LogP contribution in [0.3, 0.4) is 0 Å². The van der Waals surface area contributed by atoms with Crippen molar-refractivity contribution in [3.63, 3.8) is 0 Å². The van der Waals surface area contributed by atoms with Crippen LogP contribution in [0.1, 0.15) is 32.6 Å². The summed E-state index contributed by atoms with van der Waals surface area (Å²) in [7, 11) is 2.16. The summed E-state index contributed by atoms with van der Waals surface area (Å²) in [6.45, 7) is 2.38. The molecule has 0 aromatic carbocycles. The second-order valence-corrected chi connectivity index (χ2v) is 9.43. The topological polar surface area (TPSA) is 73.6 Å². The first-order chi connectivity index (χ1) is 14.5. The molecule has 7 nitrogen and oxygen atoms in total. The Morgan fingerprint density at radius 1 is 1.10 bits per heavy atom. The molecular weight excluding hydrogens is 398 g/mol. The Labute approximate surface area is 180 Å². The molecule has 6 rings (SSSR count). The zero-order valence-electron chi connectivity index (χ0n) is 17.1. The number of nitrogens with zero attached hydrogens (tertiary/aromatic N) is 6. The fourth-order valence-corrected chi connectivity index (χ4v) is 5.89. The van der Waals surface area contributed by atoms with E-state index in [0.717, 1.165) is 35.1 Å². The predicted molar refractivity (Wildman–Crippen MR) is 116 cm³/mol. The standard InChI is InChI=1S/C22H24ClN7/c1-22(9-14-3-7-18-19(10-22)30(14)18)29(2)20-8-6-17(27-28-20)16-5-4-15(21(23)26-16)13-11-24-25-12-13/h4-6,8,11-12,14,18-19H,3,7,9-10H2,1-2H3,(H,24,25)/t14-,18+,19?,22+,30?/m0/s1. The van der Waals surface area contributed by atoms with Gasteiger partial charge in [0.25, 0.3) is 0 Å². The minimum atomic E-state index is 0.130. The molecule has 3 aliphatic heterocycles. The maximum absolute atomic E-state index is 6.41. The van der Waals surface area contributed by atoms with Crippen molar-refractivity contribution in [2.45, 2.75) is 56.3 Å². The number of rotatable bonds is 4. The van der Waals surface area contributed by atoms with Gasteiger partial charge < -0.3 is 4.90 Å². The molecule has 0 aliphatic carbocycles. The van der Waals surface area contributed by atoms with Crippen LogP contribution in [-0.2, 0) is 0 Å². The first-order valence-corrected chi connectivity index (χ1v) is 10.9. The number of hydrogen-bond donors (Lipinski definition) is 1. The predicted octanol–water partition coefficient (Wildman–Crippen LogP) is 3.79. The van der Waals surface area contributed by atoms with Crippen molar-refractivity contribution in [2.75, 3.05) is 11.9 Å². The normalized spacial score (nSPS) is 31.4. The van der Waals surface area contributed by atoms with Crippen molar-refractivity contribution >= 4 is 17.4 Å². The van der Waals surface area contributed by atoms with E-state index in [2.05, 4.69) is 49.1 Å². The van der Waals surface area contributed by atoms with Gasteiger partial charge in [-0.3, -0.25) is 10.00 Å². The highest BCUT2D eigenvalue weighted by molar-refractivity contribution is 6.32. The molecule has 3 aromatic heterocycles. The van der Waals surface area contributed by atoms with E-state index < -0.39 is 0 Å². The third kappa shape index (κ3) is 2.76. The Bertz CT molecular complexity index is 1080. The zero-order valence-corrected chi connectivity index (χ0v) is 17.8. The van der Waals surface area contributed by atoms with Crippen molar-refractivity contribution in [3.8, 4) is 22.5 Å². The van der Waals surface area contributed by atoms with Gasteiger partial charge in [-0.05, 0) is 56.9 Å². The van der Waals surface area contributed by atoms with E-state index in [-0.39, 0.29) is 5.54 Å². The minimum Gasteiger partial charge on any atom is -0.353 e. The molecule has 3 fully saturated rings. The van der Waals surface area contributed by atoms with Crippen molar-refractivity contribution in [2.24, 2.45) is 0 Å². The highest BCUT2D eigenvalue weighted by Gasteiger charge is 2.62. The summed E-state index contributed by atoms with van der Waals surface area (Å²) in [5.41, 5.74) is 3.31. The van der Waals surface area contributed by atoms with Crippen LogP contribution in [0.15, 0.2) is 36.7 Å². The third-order valence-corrected chi connectivity index (χ3v) is 7.67. The fraction of sp³-hybridized carbons (Fsp3) is 0.455. The summed E-state index contributed by atoms with van der Waals surface area (Å²) in [6, 6.07) is 10.3. The van der Waals surface area contributed by atoms with Crippen LogP contribution in [0.25, 0.3) is 22.5 Å². The third-order valence-electron chi connectivity index (χ3n) is 7.39. The highest BCUT2D eigenvalue weighted by Crippen LogP contribution is 2.54. The molecule has 8 heteroatoms. The molecule has 3 aromatic rings. The number of aromatic amines is 1. The van der Waals surface area contributed by atoms with Crippen LogP contribution < -0.4 is 4.90 Å². The Morgan fingerprint density at radius 2 is 1.97 bits per heavy atom. The number of anilines is 1. The van der Waals surface area contributed by atoms with Crippen molar-refractivity contribution in [3.05, 3.63) is 41.8 Å². The summed E-state index contributed by atoms with van der Waals surface area (Å²) in [4.78, 5) is 9.58. The summed E-state index contributed by atoms with van der Waals surface area (Å²) in [5, 5.41) is 16.2. The molecular formula is C22H24ClN7. The van der Waals surface area contributed by atoms with Gasteiger partial charge in [0.05, 0.1) is 11.9 Å². The van der Waals surface area contributed by atoms with Crippen LogP contribution in [0.2, 0.25) is 5.15 Å². The van der Waals surface area contributed by atoms with Gasteiger partial charge in [-0.15, -0.1) is 10.2 Å². The molecule has 6 heterocycles. The summed E-state index contributed by atoms with van der Waals surface area (Å²) in [6.07, 6.45) is 8.67. The first kappa shape index (κ1) is 18.3. The molecule has 0 spiro atoms. The minimum absolute atomic E-state index is 0.130. The Balaban J connectivity index is 1.23. The molecule has 1 N–H and O–H groups in total. The first-order valence-electron chi connectivity index (χ1n) is 10.5. The van der Waals surface area contributed by atoms with Gasteiger partial charge >= 0.3 is 0 Å². The van der Waals surface area contributed by atoms with Gasteiger partial charge in [0.15, 0.2) is 5.82 Å². The average Bonchev–Trinajstić information content (AvgIpc) is 3.11. The van der Waals surface area contributed by atoms with Gasteiger partial charge in [0.1, 0.15) is 10.8 Å². The molecule has 2 unspecified atom stereocenters. The van der Waals surface area contributed by atoms with Gasteiger partial charge in [0, 0.05) is 48.0 Å². The number of nitrogens with one attached hydrogen (secondary N) is 1. The van der Waals surface area contributed by atoms with Crippen molar-refractivity contribution in [1.29, 1.82) is 0 Å². The van der Waals surface area contributed by atoms with Crippen molar-refractivity contribution in [1.82, 2.24) is 30.3 Å². The largest absolute Gasteiger partial charge is 0.353 e. The number of H-pyrrole nitrogens is 1. The van der Waals surface area contributed by atoms with Crippen LogP contribution in [0, 0.1) is 0 Å². The lowest BCUT2D eigenvalue weighted by Crippen LogP contribution is -2.52. The van der Waals surface area contributed by atoms with E-state index in [4.69, 9.17) is 11.6 Å². The lowest BCUT2D eigenvalue weighted by Gasteiger charge is -2.45. The fourth-order valence-electron chi connectivity index (χ4n) is 5.62. The molecule has 3 saturated heterocycles. The zero-order chi connectivity index (χ0) is 20.5. The lowest BCUT2D eigenvalue weighted by molar-refractivity contribution is 0.209. The van der Waals surface area contributed by atoms with E-state index in [1.54, 1.807) is 12.4 Å². The molecule has 30 heavy (non-hydrogen) atoms. The second-order valence-electron chi connectivity index (χ2n) is 9.08. The summed E-state index contributed by atoms with van der Waals surface area (Å²) in [5.74, 6) is 0.910. The van der Waals surface area contributed by atoms with E-state index in [9.17, 15) is 0 Å². The number of halogens is 1. The van der Waals surface area contributed by atoms with E-state index in [0.29, 0.717) is 16.5 Å². The van der Waals surface area contributed by atoms with Gasteiger partial charge in [-0.25, -0.2) is 4.98 Å². The number of hydrogen-bond acceptors (Lipinski definition) is 6. The van der Waals surface area contributed by atoms with Gasteiger partial charge in [0.2, 0.25) is 0 Å². The Kier molecular flexibility index (Phi) is 3.95. The number of pyridine rings is 1. The van der Waals surface area contributed by atoms with Gasteiger partial charge in [-0.2, -0.15) is 5.10 Å². The smallest absolute Gasteiger partial charge is 0.151 e. The maximum Gasteiger partial charge on any atom is 0.151 e. The highest BCUT2D eigenvalue weighted by atomic mass is 35.5. The van der Waals surface area contributed by atoms with E-state index in [1.165, 1.54) is 25.7 Å². The summed E-state index contributed by atoms with van der Waals surface area (Å²) < 4.78 is 0. The van der Waals surface area contributed by atoms with Crippen LogP contribution in [-0.4, -0.2) is 61.0 Å². The number of aromatic nitrogens is 5. The lowest BCUT2D eigenvalue weighted by atomic mass is 9.80. The SMILES string of the molecule is CN(c1ccc(-c2ccc(-c3cn[nH]c3)c(Cl)n2)nn1)[C@@]1(C)CC2[C@H]3CC[C@@H](C1)N23. The molecule has 0 bridgehead atoms. The van der Waals surface area contributed by atoms with E-state index >= 15 is 0 Å². The molecule has 0 amide bonds. The second kappa shape index (κ2) is 6.49. The Morgan fingerprint density at radius 3 is 2.67 bits per heavy atom. The summed E-state index contributed by atoms with van der Waals surface area (Å²) >= 11 is 6.41. The quantitative estimate of drug-likeness (QED) is 0.510. The van der Waals surface area contributed by atoms with Crippen LogP contribution >= 0.6 is 11.6 Å². The molecule has 0 saturated carbocycles. The van der Waals surface area contributed by atoms with Crippen molar-refractivity contribution < 1.29 is 0 Å². The molecule has 5 atom stereocenters. The molecule has 0 radical (unpaired) electrons.